The third kappa shape index (κ3) is 2.46. The fourth-order valence-corrected chi connectivity index (χ4v) is 3.52. The van der Waals surface area contributed by atoms with Crippen molar-refractivity contribution >= 4 is 40.6 Å². The second-order valence-corrected chi connectivity index (χ2v) is 7.12. The van der Waals surface area contributed by atoms with Crippen LogP contribution in [0.15, 0.2) is 47.5 Å². The van der Waals surface area contributed by atoms with Crippen LogP contribution in [0.5, 0.6) is 0 Å². The minimum atomic E-state index is -1.14. The molecule has 3 rings (SSSR count). The van der Waals surface area contributed by atoms with E-state index in [4.69, 9.17) is 28.9 Å². The Morgan fingerprint density at radius 3 is 2.74 bits per heavy atom. The van der Waals surface area contributed by atoms with Gasteiger partial charge in [0, 0.05) is 12.1 Å². The van der Waals surface area contributed by atoms with Gasteiger partial charge >= 0.3 is 0 Å². The summed E-state index contributed by atoms with van der Waals surface area (Å²) in [4.78, 5) is 17.3. The number of hydrogen-bond donors (Lipinski definition) is 1. The molecule has 6 heteroatoms. The number of nitrogens with zero attached hydrogens (tertiary/aromatic N) is 2. The Morgan fingerprint density at radius 1 is 1.39 bits per heavy atom. The summed E-state index contributed by atoms with van der Waals surface area (Å²) in [6, 6.07) is 7.56. The van der Waals surface area contributed by atoms with E-state index < -0.39 is 10.4 Å². The summed E-state index contributed by atoms with van der Waals surface area (Å²) in [5.74, 6) is -0.0215. The van der Waals surface area contributed by atoms with E-state index in [-0.39, 0.29) is 11.9 Å². The standard InChI is InChI=1S/C17H17Cl2N3O/c1-16(14(23)22(2)15(20)21-16)17(19)8-4-6-12(10-17)11-5-3-7-13(18)9-11/h3-9H,10H2,1-2H3,(H2,20,21). The van der Waals surface area contributed by atoms with Crippen LogP contribution in [-0.4, -0.2) is 34.2 Å². The van der Waals surface area contributed by atoms with E-state index in [1.165, 1.54) is 4.90 Å². The van der Waals surface area contributed by atoms with Crippen LogP contribution >= 0.6 is 23.2 Å². The number of guanidine groups is 1. The molecule has 2 N–H and O–H groups in total. The first-order valence-electron chi connectivity index (χ1n) is 7.23. The lowest BCUT2D eigenvalue weighted by molar-refractivity contribution is -0.130. The normalized spacial score (nSPS) is 30.4. The molecule has 1 heterocycles. The van der Waals surface area contributed by atoms with Gasteiger partial charge in [-0.25, -0.2) is 4.99 Å². The fourth-order valence-electron chi connectivity index (χ4n) is 2.99. The molecule has 2 aliphatic rings. The van der Waals surface area contributed by atoms with E-state index in [1.807, 2.05) is 42.5 Å². The summed E-state index contributed by atoms with van der Waals surface area (Å²) in [7, 11) is 1.60. The first-order valence-corrected chi connectivity index (χ1v) is 7.99. The smallest absolute Gasteiger partial charge is 0.258 e. The summed E-state index contributed by atoms with van der Waals surface area (Å²) >= 11 is 12.9. The monoisotopic (exact) mass is 349 g/mol. The third-order valence-electron chi connectivity index (χ3n) is 4.51. The average Bonchev–Trinajstić information content (AvgIpc) is 2.72. The minimum absolute atomic E-state index is 0.185. The number of aliphatic imine (C=N–C) groups is 1. The van der Waals surface area contributed by atoms with E-state index >= 15 is 0 Å². The molecule has 23 heavy (non-hydrogen) atoms. The highest BCUT2D eigenvalue weighted by Gasteiger charge is 2.56. The zero-order valence-corrected chi connectivity index (χ0v) is 14.4. The summed E-state index contributed by atoms with van der Waals surface area (Å²) in [5, 5.41) is 0.656. The molecule has 0 saturated carbocycles. The number of alkyl halides is 1. The molecular formula is C17H17Cl2N3O. The zero-order valence-electron chi connectivity index (χ0n) is 12.9. The molecule has 2 atom stereocenters. The topological polar surface area (TPSA) is 58.7 Å². The molecular weight excluding hydrogens is 333 g/mol. The fraction of sp³-hybridized carbons (Fsp3) is 0.294. The first-order chi connectivity index (χ1) is 10.8. The van der Waals surface area contributed by atoms with Crippen LogP contribution in [-0.2, 0) is 4.79 Å². The molecule has 0 fully saturated rings. The van der Waals surface area contributed by atoms with Crippen molar-refractivity contribution in [2.75, 3.05) is 7.05 Å². The number of halogens is 2. The number of benzene rings is 1. The van der Waals surface area contributed by atoms with Crippen molar-refractivity contribution in [2.45, 2.75) is 23.8 Å². The Morgan fingerprint density at radius 2 is 2.13 bits per heavy atom. The Labute approximate surface area is 145 Å². The van der Waals surface area contributed by atoms with Gasteiger partial charge in [0.25, 0.3) is 5.91 Å². The molecule has 1 aromatic carbocycles. The van der Waals surface area contributed by atoms with Crippen LogP contribution < -0.4 is 5.73 Å². The van der Waals surface area contributed by atoms with Crippen molar-refractivity contribution in [2.24, 2.45) is 10.7 Å². The molecule has 0 aromatic heterocycles. The maximum absolute atomic E-state index is 12.6. The number of hydrogen-bond acceptors (Lipinski definition) is 3. The van der Waals surface area contributed by atoms with Crippen LogP contribution in [0.1, 0.15) is 18.9 Å². The maximum atomic E-state index is 12.6. The lowest BCUT2D eigenvalue weighted by Gasteiger charge is -2.38. The molecule has 0 spiro atoms. The highest BCUT2D eigenvalue weighted by atomic mass is 35.5. The number of allylic oxidation sites excluding steroid dienone is 3. The highest BCUT2D eigenvalue weighted by Crippen LogP contribution is 2.46. The molecule has 2 unspecified atom stereocenters. The number of likely N-dealkylation sites (N-methyl/N-ethyl adjacent to an activating group) is 1. The van der Waals surface area contributed by atoms with Gasteiger partial charge in [-0.05, 0) is 36.6 Å². The van der Waals surface area contributed by atoms with Crippen molar-refractivity contribution in [3.63, 3.8) is 0 Å². The quantitative estimate of drug-likeness (QED) is 0.833. The van der Waals surface area contributed by atoms with E-state index in [0.29, 0.717) is 11.4 Å². The summed E-state index contributed by atoms with van der Waals surface area (Å²) in [5.41, 5.74) is 6.66. The first kappa shape index (κ1) is 16.1. The van der Waals surface area contributed by atoms with Gasteiger partial charge in [-0.1, -0.05) is 42.0 Å². The van der Waals surface area contributed by atoms with Crippen molar-refractivity contribution < 1.29 is 4.79 Å². The van der Waals surface area contributed by atoms with Crippen LogP contribution in [0.2, 0.25) is 5.02 Å². The number of carbonyl (C=O) groups excluding carboxylic acids is 1. The van der Waals surface area contributed by atoms with E-state index in [1.54, 1.807) is 14.0 Å². The molecule has 120 valence electrons. The van der Waals surface area contributed by atoms with Gasteiger partial charge in [-0.15, -0.1) is 11.6 Å². The number of rotatable bonds is 2. The second-order valence-electron chi connectivity index (χ2n) is 6.01. The summed E-state index contributed by atoms with van der Waals surface area (Å²) in [6.07, 6.45) is 6.11. The Hall–Kier alpha value is -1.78. The SMILES string of the molecule is CN1C(=O)C(C)(C2(Cl)C=CC=C(c3cccc(Cl)c3)C2)N=C1N. The van der Waals surface area contributed by atoms with Gasteiger partial charge in [-0.3, -0.25) is 9.69 Å². The molecule has 4 nitrogen and oxygen atoms in total. The van der Waals surface area contributed by atoms with Crippen molar-refractivity contribution in [3.8, 4) is 0 Å². The van der Waals surface area contributed by atoms with Crippen LogP contribution in [0.4, 0.5) is 0 Å². The van der Waals surface area contributed by atoms with Gasteiger partial charge in [0.2, 0.25) is 0 Å². The molecule has 0 bridgehead atoms. The molecule has 1 amide bonds. The second kappa shape index (κ2) is 5.39. The predicted molar refractivity (Wildman–Crippen MR) is 94.6 cm³/mol. The van der Waals surface area contributed by atoms with Crippen molar-refractivity contribution in [1.29, 1.82) is 0 Å². The van der Waals surface area contributed by atoms with Crippen LogP contribution in [0.3, 0.4) is 0 Å². The molecule has 1 aliphatic heterocycles. The highest BCUT2D eigenvalue weighted by molar-refractivity contribution is 6.31. The number of carbonyl (C=O) groups is 1. The van der Waals surface area contributed by atoms with Gasteiger partial charge < -0.3 is 5.73 Å². The van der Waals surface area contributed by atoms with Gasteiger partial charge in [0.1, 0.15) is 4.87 Å². The zero-order chi connectivity index (χ0) is 16.8. The summed E-state index contributed by atoms with van der Waals surface area (Å²) < 4.78 is 0. The Balaban J connectivity index is 1.98. The largest absolute Gasteiger partial charge is 0.369 e. The molecule has 0 saturated heterocycles. The van der Waals surface area contributed by atoms with Gasteiger partial charge in [0.15, 0.2) is 11.5 Å². The predicted octanol–water partition coefficient (Wildman–Crippen LogP) is 3.21. The van der Waals surface area contributed by atoms with Crippen molar-refractivity contribution in [3.05, 3.63) is 53.1 Å². The van der Waals surface area contributed by atoms with E-state index in [2.05, 4.69) is 4.99 Å². The van der Waals surface area contributed by atoms with Crippen LogP contribution in [0, 0.1) is 0 Å². The summed E-state index contributed by atoms with van der Waals surface area (Å²) in [6.45, 7) is 1.73. The number of nitrogens with two attached hydrogens (primary N) is 1. The lowest BCUT2D eigenvalue weighted by Crippen LogP contribution is -2.53. The van der Waals surface area contributed by atoms with E-state index in [0.717, 1.165) is 11.1 Å². The Bertz CT molecular complexity index is 771. The van der Waals surface area contributed by atoms with Gasteiger partial charge in [0.05, 0.1) is 0 Å². The average molecular weight is 350 g/mol. The Kier molecular flexibility index (Phi) is 3.77. The van der Waals surface area contributed by atoms with Crippen molar-refractivity contribution in [1.82, 2.24) is 4.90 Å². The minimum Gasteiger partial charge on any atom is -0.369 e. The molecule has 0 radical (unpaired) electrons. The van der Waals surface area contributed by atoms with Gasteiger partial charge in [-0.2, -0.15) is 0 Å². The molecule has 1 aromatic rings. The maximum Gasteiger partial charge on any atom is 0.258 e. The van der Waals surface area contributed by atoms with Crippen LogP contribution in [0.25, 0.3) is 5.57 Å². The van der Waals surface area contributed by atoms with E-state index in [9.17, 15) is 4.79 Å². The number of amides is 1. The third-order valence-corrected chi connectivity index (χ3v) is 5.38. The molecule has 1 aliphatic carbocycles. The lowest BCUT2D eigenvalue weighted by atomic mass is 9.76.